The molecule has 0 fully saturated rings. The quantitative estimate of drug-likeness (QED) is 0.730. The molecule has 1 atom stereocenters. The number of aryl methyl sites for hydroxylation is 2. The summed E-state index contributed by atoms with van der Waals surface area (Å²) in [5.74, 6) is -0.257. The van der Waals surface area contributed by atoms with Crippen molar-refractivity contribution in [3.8, 4) is 0 Å². The van der Waals surface area contributed by atoms with Crippen molar-refractivity contribution in [3.63, 3.8) is 0 Å². The second-order valence-corrected chi connectivity index (χ2v) is 7.04. The van der Waals surface area contributed by atoms with Crippen LogP contribution in [-0.4, -0.2) is 18.5 Å². The summed E-state index contributed by atoms with van der Waals surface area (Å²) in [5.41, 5.74) is 4.12. The Morgan fingerprint density at radius 1 is 1.20 bits per heavy atom. The van der Waals surface area contributed by atoms with Crippen LogP contribution in [0.2, 0.25) is 0 Å². The van der Waals surface area contributed by atoms with Gasteiger partial charge in [0.2, 0.25) is 5.91 Å². The molecule has 1 aliphatic rings. The average Bonchev–Trinajstić information content (AvgIpc) is 2.99. The molecule has 2 aromatic rings. The first-order valence-electron chi connectivity index (χ1n) is 8.21. The Hall–Kier alpha value is -2.34. The maximum atomic E-state index is 12.1. The molecular formula is C19H20BrN3O2. The third kappa shape index (κ3) is 4.39. The third-order valence-corrected chi connectivity index (χ3v) is 4.80. The summed E-state index contributed by atoms with van der Waals surface area (Å²) in [5, 5.41) is 8.36. The Morgan fingerprint density at radius 3 is 2.80 bits per heavy atom. The van der Waals surface area contributed by atoms with Crippen LogP contribution in [0, 0.1) is 6.92 Å². The number of nitrogens with one attached hydrogen (secondary N) is 3. The Morgan fingerprint density at radius 2 is 2.00 bits per heavy atom. The molecule has 3 rings (SSSR count). The second kappa shape index (κ2) is 7.70. The number of benzene rings is 2. The molecular weight excluding hydrogens is 382 g/mol. The van der Waals surface area contributed by atoms with Gasteiger partial charge in [-0.05, 0) is 54.7 Å². The predicted octanol–water partition coefficient (Wildman–Crippen LogP) is 3.68. The molecule has 0 aliphatic heterocycles. The van der Waals surface area contributed by atoms with E-state index in [2.05, 4.69) is 37.9 Å². The van der Waals surface area contributed by atoms with Crippen molar-refractivity contribution in [3.05, 3.63) is 63.6 Å². The summed E-state index contributed by atoms with van der Waals surface area (Å²) in [4.78, 5) is 24.1. The van der Waals surface area contributed by atoms with Gasteiger partial charge in [0, 0.05) is 10.2 Å². The fourth-order valence-corrected chi connectivity index (χ4v) is 3.51. The first-order chi connectivity index (χ1) is 12.0. The molecule has 0 bridgehead atoms. The molecule has 3 N–H and O–H groups in total. The standard InChI is InChI=1S/C19H20BrN3O2/c1-12-10-14(20)7-9-16(12)22-18(24)11-21-19(25)23-17-8-6-13-4-2-3-5-15(13)17/h2-5,7,9-10,17H,6,8,11H2,1H3,(H,22,24)(H2,21,23,25). The van der Waals surface area contributed by atoms with Crippen molar-refractivity contribution < 1.29 is 9.59 Å². The van der Waals surface area contributed by atoms with Gasteiger partial charge in [0.15, 0.2) is 0 Å². The molecule has 0 spiro atoms. The van der Waals surface area contributed by atoms with Crippen LogP contribution >= 0.6 is 15.9 Å². The maximum absolute atomic E-state index is 12.1. The number of carbonyl (C=O) groups is 2. The monoisotopic (exact) mass is 401 g/mol. The lowest BCUT2D eigenvalue weighted by Crippen LogP contribution is -2.41. The fraction of sp³-hybridized carbons (Fsp3) is 0.263. The summed E-state index contributed by atoms with van der Waals surface area (Å²) < 4.78 is 0.956. The lowest BCUT2D eigenvalue weighted by Gasteiger charge is -2.15. The number of carbonyl (C=O) groups excluding carboxylic acids is 2. The summed E-state index contributed by atoms with van der Waals surface area (Å²) >= 11 is 3.39. The molecule has 0 heterocycles. The highest BCUT2D eigenvalue weighted by Crippen LogP contribution is 2.30. The van der Waals surface area contributed by atoms with Gasteiger partial charge in [0.05, 0.1) is 12.6 Å². The zero-order valence-electron chi connectivity index (χ0n) is 13.9. The molecule has 1 unspecified atom stereocenters. The van der Waals surface area contributed by atoms with E-state index in [9.17, 15) is 9.59 Å². The van der Waals surface area contributed by atoms with Crippen molar-refractivity contribution in [1.29, 1.82) is 0 Å². The van der Waals surface area contributed by atoms with Gasteiger partial charge >= 0.3 is 6.03 Å². The lowest BCUT2D eigenvalue weighted by atomic mass is 10.1. The van der Waals surface area contributed by atoms with Crippen LogP contribution in [0.5, 0.6) is 0 Å². The maximum Gasteiger partial charge on any atom is 0.315 e. The van der Waals surface area contributed by atoms with Gasteiger partial charge in [-0.15, -0.1) is 0 Å². The molecule has 3 amide bonds. The Bertz CT molecular complexity index is 807. The molecule has 25 heavy (non-hydrogen) atoms. The fourth-order valence-electron chi connectivity index (χ4n) is 3.04. The van der Waals surface area contributed by atoms with Crippen LogP contribution < -0.4 is 16.0 Å². The molecule has 0 radical (unpaired) electrons. The topological polar surface area (TPSA) is 70.2 Å². The molecule has 2 aromatic carbocycles. The highest BCUT2D eigenvalue weighted by atomic mass is 79.9. The highest BCUT2D eigenvalue weighted by Gasteiger charge is 2.23. The number of hydrogen-bond acceptors (Lipinski definition) is 2. The summed E-state index contributed by atoms with van der Waals surface area (Å²) in [6.07, 6.45) is 1.85. The third-order valence-electron chi connectivity index (χ3n) is 4.31. The van der Waals surface area contributed by atoms with Gasteiger partial charge in [0.25, 0.3) is 0 Å². The van der Waals surface area contributed by atoms with Gasteiger partial charge in [-0.1, -0.05) is 40.2 Å². The summed E-state index contributed by atoms with van der Waals surface area (Å²) in [6, 6.07) is 13.4. The van der Waals surface area contributed by atoms with Crippen molar-refractivity contribution in [1.82, 2.24) is 10.6 Å². The molecule has 0 aromatic heterocycles. The Balaban J connectivity index is 1.48. The number of rotatable bonds is 4. The van der Waals surface area contributed by atoms with Crippen LogP contribution in [0.1, 0.15) is 29.2 Å². The van der Waals surface area contributed by atoms with Gasteiger partial charge in [-0.25, -0.2) is 4.79 Å². The molecule has 6 heteroatoms. The van der Waals surface area contributed by atoms with E-state index in [-0.39, 0.29) is 24.5 Å². The van der Waals surface area contributed by atoms with Crippen LogP contribution in [0.3, 0.4) is 0 Å². The first kappa shape index (κ1) is 17.5. The molecule has 0 saturated heterocycles. The van der Waals surface area contributed by atoms with E-state index < -0.39 is 0 Å². The van der Waals surface area contributed by atoms with Gasteiger partial charge in [-0.3, -0.25) is 4.79 Å². The second-order valence-electron chi connectivity index (χ2n) is 6.12. The van der Waals surface area contributed by atoms with Crippen molar-refractivity contribution >= 4 is 33.6 Å². The zero-order chi connectivity index (χ0) is 17.8. The van der Waals surface area contributed by atoms with E-state index in [4.69, 9.17) is 0 Å². The largest absolute Gasteiger partial charge is 0.331 e. The number of urea groups is 1. The number of halogens is 1. The van der Waals surface area contributed by atoms with E-state index in [0.717, 1.165) is 34.1 Å². The van der Waals surface area contributed by atoms with E-state index in [1.807, 2.05) is 43.3 Å². The summed E-state index contributed by atoms with van der Waals surface area (Å²) in [7, 11) is 0. The number of hydrogen-bond donors (Lipinski definition) is 3. The van der Waals surface area contributed by atoms with Crippen molar-refractivity contribution in [2.45, 2.75) is 25.8 Å². The SMILES string of the molecule is Cc1cc(Br)ccc1NC(=O)CNC(=O)NC1CCc2ccccc21. The number of amides is 3. The Kier molecular flexibility index (Phi) is 5.38. The smallest absolute Gasteiger partial charge is 0.315 e. The minimum atomic E-state index is -0.329. The lowest BCUT2D eigenvalue weighted by molar-refractivity contribution is -0.115. The average molecular weight is 402 g/mol. The molecule has 1 aliphatic carbocycles. The summed E-state index contributed by atoms with van der Waals surface area (Å²) in [6.45, 7) is 1.84. The zero-order valence-corrected chi connectivity index (χ0v) is 15.5. The predicted molar refractivity (Wildman–Crippen MR) is 102 cm³/mol. The van der Waals surface area contributed by atoms with E-state index in [1.54, 1.807) is 0 Å². The highest BCUT2D eigenvalue weighted by molar-refractivity contribution is 9.10. The molecule has 130 valence electrons. The minimum Gasteiger partial charge on any atom is -0.331 e. The van der Waals surface area contributed by atoms with Gasteiger partial charge < -0.3 is 16.0 Å². The van der Waals surface area contributed by atoms with Gasteiger partial charge in [-0.2, -0.15) is 0 Å². The van der Waals surface area contributed by atoms with Crippen LogP contribution in [-0.2, 0) is 11.2 Å². The van der Waals surface area contributed by atoms with Crippen LogP contribution in [0.25, 0.3) is 0 Å². The van der Waals surface area contributed by atoms with E-state index in [0.29, 0.717) is 0 Å². The van der Waals surface area contributed by atoms with Crippen LogP contribution in [0.15, 0.2) is 46.9 Å². The Labute approximate surface area is 155 Å². The molecule has 5 nitrogen and oxygen atoms in total. The first-order valence-corrected chi connectivity index (χ1v) is 9.00. The van der Waals surface area contributed by atoms with Gasteiger partial charge in [0.1, 0.15) is 0 Å². The normalized spacial score (nSPS) is 15.4. The van der Waals surface area contributed by atoms with Crippen molar-refractivity contribution in [2.75, 3.05) is 11.9 Å². The van der Waals surface area contributed by atoms with Crippen molar-refractivity contribution in [2.24, 2.45) is 0 Å². The van der Waals surface area contributed by atoms with Crippen LogP contribution in [0.4, 0.5) is 10.5 Å². The number of fused-ring (bicyclic) bond motifs is 1. The number of anilines is 1. The van der Waals surface area contributed by atoms with E-state index >= 15 is 0 Å². The minimum absolute atomic E-state index is 0.00739. The molecule has 0 saturated carbocycles. The van der Waals surface area contributed by atoms with E-state index in [1.165, 1.54) is 5.56 Å².